The molecule has 0 amide bonds. The number of alkyl halides is 3. The van der Waals surface area contributed by atoms with Crippen molar-refractivity contribution in [2.75, 3.05) is 13.2 Å². The van der Waals surface area contributed by atoms with Gasteiger partial charge in [0.15, 0.2) is 0 Å². The Kier molecular flexibility index (Phi) is 33.5. The van der Waals surface area contributed by atoms with Gasteiger partial charge in [-0.25, -0.2) is 0 Å². The molecule has 0 N–H and O–H groups in total. The molecule has 0 heterocycles. The van der Waals surface area contributed by atoms with Gasteiger partial charge < -0.3 is 4.74 Å². The SMILES string of the molecule is CC.CC.CCCCOCCCCCCCCCCCCCCCC(F)(F)F. The van der Waals surface area contributed by atoms with E-state index < -0.39 is 12.6 Å². The molecule has 28 heavy (non-hydrogen) atoms. The van der Waals surface area contributed by atoms with Crippen LogP contribution in [0, 0.1) is 0 Å². The summed E-state index contributed by atoms with van der Waals surface area (Å²) in [5.74, 6) is 0. The molecule has 1 nitrogen and oxygen atoms in total. The summed E-state index contributed by atoms with van der Waals surface area (Å²) >= 11 is 0. The molecule has 0 aliphatic heterocycles. The predicted molar refractivity (Wildman–Crippen MR) is 119 cm³/mol. The summed E-state index contributed by atoms with van der Waals surface area (Å²) in [6, 6.07) is 0. The van der Waals surface area contributed by atoms with Crippen molar-refractivity contribution in [3.63, 3.8) is 0 Å². The molecule has 0 aromatic carbocycles. The van der Waals surface area contributed by atoms with E-state index in [2.05, 4.69) is 6.92 Å². The van der Waals surface area contributed by atoms with Gasteiger partial charge in [-0.15, -0.1) is 0 Å². The minimum absolute atomic E-state index is 0.299. The molecule has 0 aliphatic rings. The van der Waals surface area contributed by atoms with Gasteiger partial charge in [0.2, 0.25) is 0 Å². The Bertz CT molecular complexity index is 242. The molecule has 4 heteroatoms. The first-order chi connectivity index (χ1) is 13.6. The highest BCUT2D eigenvalue weighted by Crippen LogP contribution is 2.23. The third kappa shape index (κ3) is 36.6. The Morgan fingerprint density at radius 3 is 1.18 bits per heavy atom. The lowest BCUT2D eigenvalue weighted by molar-refractivity contribution is -0.135. The third-order valence-electron chi connectivity index (χ3n) is 4.39. The third-order valence-corrected chi connectivity index (χ3v) is 4.39. The van der Waals surface area contributed by atoms with Gasteiger partial charge in [-0.2, -0.15) is 13.2 Å². The number of hydrogen-bond acceptors (Lipinski definition) is 1. The van der Waals surface area contributed by atoms with Gasteiger partial charge in [0.1, 0.15) is 0 Å². The van der Waals surface area contributed by atoms with Crippen LogP contribution < -0.4 is 0 Å². The van der Waals surface area contributed by atoms with Crippen LogP contribution in [0.15, 0.2) is 0 Å². The van der Waals surface area contributed by atoms with Crippen LogP contribution in [0.4, 0.5) is 13.2 Å². The molecule has 0 bridgehead atoms. The van der Waals surface area contributed by atoms with Crippen LogP contribution in [0.3, 0.4) is 0 Å². The van der Waals surface area contributed by atoms with E-state index >= 15 is 0 Å². The molecule has 0 atom stereocenters. The summed E-state index contributed by atoms with van der Waals surface area (Å²) < 4.78 is 41.4. The molecule has 0 saturated carbocycles. The predicted octanol–water partition coefficient (Wildman–Crippen LogP) is 9.88. The zero-order chi connectivity index (χ0) is 21.9. The fourth-order valence-corrected chi connectivity index (χ4v) is 2.82. The van der Waals surface area contributed by atoms with Gasteiger partial charge in [0, 0.05) is 19.6 Å². The van der Waals surface area contributed by atoms with E-state index in [1.54, 1.807) is 0 Å². The summed E-state index contributed by atoms with van der Waals surface area (Å²) in [5, 5.41) is 0. The van der Waals surface area contributed by atoms with Gasteiger partial charge in [-0.3, -0.25) is 0 Å². The number of ether oxygens (including phenoxy) is 1. The van der Waals surface area contributed by atoms with E-state index in [1.165, 1.54) is 70.6 Å². The van der Waals surface area contributed by atoms with Crippen molar-refractivity contribution in [1.29, 1.82) is 0 Å². The highest BCUT2D eigenvalue weighted by molar-refractivity contribution is 4.53. The average Bonchev–Trinajstić information content (AvgIpc) is 2.69. The number of halogens is 3. The van der Waals surface area contributed by atoms with Crippen molar-refractivity contribution in [3.05, 3.63) is 0 Å². The summed E-state index contributed by atoms with van der Waals surface area (Å²) in [4.78, 5) is 0. The maximum Gasteiger partial charge on any atom is 0.389 e. The van der Waals surface area contributed by atoms with Gasteiger partial charge >= 0.3 is 6.18 Å². The van der Waals surface area contributed by atoms with Crippen molar-refractivity contribution < 1.29 is 17.9 Å². The van der Waals surface area contributed by atoms with E-state index in [0.29, 0.717) is 6.42 Å². The lowest BCUT2D eigenvalue weighted by Crippen LogP contribution is -2.06. The van der Waals surface area contributed by atoms with Crippen molar-refractivity contribution in [2.45, 2.75) is 144 Å². The summed E-state index contributed by atoms with van der Waals surface area (Å²) in [6.07, 6.45) is 12.3. The van der Waals surface area contributed by atoms with Crippen LogP contribution in [0.2, 0.25) is 0 Å². The topological polar surface area (TPSA) is 9.23 Å². The fraction of sp³-hybridized carbons (Fsp3) is 1.00. The summed E-state index contributed by atoms with van der Waals surface area (Å²) in [5.41, 5.74) is 0. The number of rotatable bonds is 18. The molecule has 0 aliphatic carbocycles. The van der Waals surface area contributed by atoms with Crippen LogP contribution >= 0.6 is 0 Å². The van der Waals surface area contributed by atoms with Crippen LogP contribution in [0.25, 0.3) is 0 Å². The van der Waals surface area contributed by atoms with E-state index in [0.717, 1.165) is 32.5 Å². The average molecular weight is 413 g/mol. The summed E-state index contributed by atoms with van der Waals surface area (Å²) in [6.45, 7) is 12.0. The Balaban J connectivity index is -0.00000146. The Morgan fingerprint density at radius 1 is 0.500 bits per heavy atom. The molecule has 174 valence electrons. The monoisotopic (exact) mass is 412 g/mol. The highest BCUT2D eigenvalue weighted by atomic mass is 19.4. The maximum atomic E-state index is 12.0. The number of hydrogen-bond donors (Lipinski definition) is 0. The zero-order valence-electron chi connectivity index (χ0n) is 19.8. The minimum Gasteiger partial charge on any atom is -0.381 e. The van der Waals surface area contributed by atoms with Crippen LogP contribution in [-0.4, -0.2) is 19.4 Å². The molecule has 0 fully saturated rings. The van der Waals surface area contributed by atoms with E-state index in [4.69, 9.17) is 4.74 Å². The quantitative estimate of drug-likeness (QED) is 0.203. The largest absolute Gasteiger partial charge is 0.389 e. The Labute approximate surface area is 175 Å². The minimum atomic E-state index is -3.97. The molecular weight excluding hydrogens is 361 g/mol. The molecule has 0 aromatic rings. The van der Waals surface area contributed by atoms with Crippen LogP contribution in [-0.2, 0) is 4.74 Å². The number of unbranched alkanes of at least 4 members (excludes halogenated alkanes) is 13. The van der Waals surface area contributed by atoms with Gasteiger partial charge in [0.05, 0.1) is 0 Å². The van der Waals surface area contributed by atoms with E-state index in [9.17, 15) is 13.2 Å². The van der Waals surface area contributed by atoms with E-state index in [-0.39, 0.29) is 0 Å². The molecule has 0 unspecified atom stereocenters. The molecule has 0 aromatic heterocycles. The Morgan fingerprint density at radius 2 is 0.821 bits per heavy atom. The van der Waals surface area contributed by atoms with Crippen molar-refractivity contribution in [2.24, 2.45) is 0 Å². The molecule has 0 rings (SSSR count). The molecule has 0 saturated heterocycles. The van der Waals surface area contributed by atoms with Crippen molar-refractivity contribution in [1.82, 2.24) is 0 Å². The zero-order valence-corrected chi connectivity index (χ0v) is 19.8. The molecular formula is C24H51F3O. The highest BCUT2D eigenvalue weighted by Gasteiger charge is 2.25. The molecule has 0 spiro atoms. The second-order valence-electron chi connectivity index (χ2n) is 6.93. The second-order valence-corrected chi connectivity index (χ2v) is 6.93. The fourth-order valence-electron chi connectivity index (χ4n) is 2.82. The standard InChI is InChI=1S/C20H39F3O.2C2H6/c1-2-3-18-24-19-16-14-12-10-8-6-4-5-7-9-11-13-15-17-20(21,22)23;2*1-2/h2-19H2,1H3;2*1-2H3. The normalized spacial score (nSPS) is 10.7. The van der Waals surface area contributed by atoms with E-state index in [1.807, 2.05) is 27.7 Å². The first kappa shape index (κ1) is 32.4. The maximum absolute atomic E-state index is 12.0. The van der Waals surface area contributed by atoms with Crippen LogP contribution in [0.5, 0.6) is 0 Å². The lowest BCUT2D eigenvalue weighted by Gasteiger charge is -2.06. The molecule has 0 radical (unpaired) electrons. The van der Waals surface area contributed by atoms with Gasteiger partial charge in [-0.1, -0.05) is 112 Å². The second kappa shape index (κ2) is 29.0. The lowest BCUT2D eigenvalue weighted by atomic mass is 10.0. The van der Waals surface area contributed by atoms with Gasteiger partial charge in [0.25, 0.3) is 0 Å². The first-order valence-electron chi connectivity index (χ1n) is 12.2. The van der Waals surface area contributed by atoms with Gasteiger partial charge in [-0.05, 0) is 19.3 Å². The van der Waals surface area contributed by atoms with Crippen LogP contribution in [0.1, 0.15) is 137 Å². The Hall–Kier alpha value is -0.250. The smallest absolute Gasteiger partial charge is 0.381 e. The summed E-state index contributed by atoms with van der Waals surface area (Å²) in [7, 11) is 0. The first-order valence-corrected chi connectivity index (χ1v) is 12.2. The van der Waals surface area contributed by atoms with Crippen molar-refractivity contribution >= 4 is 0 Å². The van der Waals surface area contributed by atoms with Crippen molar-refractivity contribution in [3.8, 4) is 0 Å².